The summed E-state index contributed by atoms with van der Waals surface area (Å²) in [4.78, 5) is 45.6. The zero-order chi connectivity index (χ0) is 22.0. The van der Waals surface area contributed by atoms with Crippen LogP contribution in [0.5, 0.6) is 0 Å². The van der Waals surface area contributed by atoms with E-state index in [0.29, 0.717) is 29.1 Å². The Kier molecular flexibility index (Phi) is 5.85. The van der Waals surface area contributed by atoms with Gasteiger partial charge in [0.25, 0.3) is 5.56 Å². The van der Waals surface area contributed by atoms with E-state index in [1.54, 1.807) is 30.3 Å². The number of fused-ring (bicyclic) bond motifs is 1. The van der Waals surface area contributed by atoms with Crippen LogP contribution in [0.3, 0.4) is 0 Å². The fraction of sp³-hybridized carbons (Fsp3) is 0.364. The average molecular weight is 423 g/mol. The van der Waals surface area contributed by atoms with Gasteiger partial charge in [0.2, 0.25) is 5.95 Å². The average Bonchev–Trinajstić information content (AvgIpc) is 3.20. The lowest BCUT2D eigenvalue weighted by molar-refractivity contribution is 0.0587. The molecule has 9 heteroatoms. The summed E-state index contributed by atoms with van der Waals surface area (Å²) in [5, 5.41) is 3.30. The molecule has 1 aliphatic heterocycles. The van der Waals surface area contributed by atoms with Gasteiger partial charge in [0.15, 0.2) is 5.78 Å². The third-order valence-electron chi connectivity index (χ3n) is 5.49. The standard InChI is InChI=1S/C22H25N5O4/c1-3-26-19-16(24-22(26)25-11-9-23-10-12-25)13-17(21(30)31-2)27(20(19)29)14-18(28)15-7-5-4-6-8-15/h4-8,13,23H,3,9-12,14H2,1-2H3. The third-order valence-corrected chi connectivity index (χ3v) is 5.49. The Hall–Kier alpha value is -3.46. The summed E-state index contributed by atoms with van der Waals surface area (Å²) in [6.45, 7) is 5.42. The number of anilines is 1. The number of ketones is 1. The molecule has 3 aromatic rings. The lowest BCUT2D eigenvalue weighted by Crippen LogP contribution is -2.44. The van der Waals surface area contributed by atoms with Crippen LogP contribution in [-0.4, -0.2) is 59.2 Å². The minimum atomic E-state index is -0.686. The molecule has 0 radical (unpaired) electrons. The molecule has 3 heterocycles. The summed E-state index contributed by atoms with van der Waals surface area (Å²) in [7, 11) is 1.25. The van der Waals surface area contributed by atoms with Gasteiger partial charge in [-0.15, -0.1) is 0 Å². The van der Waals surface area contributed by atoms with E-state index in [2.05, 4.69) is 15.2 Å². The van der Waals surface area contributed by atoms with E-state index in [1.165, 1.54) is 11.7 Å². The van der Waals surface area contributed by atoms with Gasteiger partial charge >= 0.3 is 5.97 Å². The number of aromatic nitrogens is 3. The van der Waals surface area contributed by atoms with Gasteiger partial charge in [0.1, 0.15) is 11.2 Å². The number of piperazine rings is 1. The van der Waals surface area contributed by atoms with Crippen molar-refractivity contribution in [2.75, 3.05) is 38.2 Å². The minimum absolute atomic E-state index is 0.0110. The highest BCUT2D eigenvalue weighted by Crippen LogP contribution is 2.22. The molecule has 0 atom stereocenters. The van der Waals surface area contributed by atoms with Crippen molar-refractivity contribution in [2.24, 2.45) is 0 Å². The van der Waals surface area contributed by atoms with Crippen molar-refractivity contribution in [3.05, 3.63) is 58.0 Å². The summed E-state index contributed by atoms with van der Waals surface area (Å²) in [5.41, 5.74) is 0.847. The van der Waals surface area contributed by atoms with Crippen LogP contribution in [0.4, 0.5) is 5.95 Å². The molecule has 0 aliphatic carbocycles. The Morgan fingerprint density at radius 1 is 1.13 bits per heavy atom. The first-order valence-corrected chi connectivity index (χ1v) is 10.3. The van der Waals surface area contributed by atoms with Gasteiger partial charge in [-0.1, -0.05) is 30.3 Å². The molecule has 2 aromatic heterocycles. The number of hydrogen-bond acceptors (Lipinski definition) is 7. The summed E-state index contributed by atoms with van der Waals surface area (Å²) in [6.07, 6.45) is 0. The lowest BCUT2D eigenvalue weighted by atomic mass is 10.1. The van der Waals surface area contributed by atoms with Crippen molar-refractivity contribution >= 4 is 28.7 Å². The fourth-order valence-electron chi connectivity index (χ4n) is 3.93. The number of aryl methyl sites for hydroxylation is 1. The lowest BCUT2D eigenvalue weighted by Gasteiger charge is -2.28. The summed E-state index contributed by atoms with van der Waals surface area (Å²) < 4.78 is 7.93. The number of carbonyl (C=O) groups is 2. The molecule has 162 valence electrons. The normalized spacial score (nSPS) is 14.1. The molecule has 1 saturated heterocycles. The highest BCUT2D eigenvalue weighted by Gasteiger charge is 2.25. The topological polar surface area (TPSA) is 98.5 Å². The van der Waals surface area contributed by atoms with Crippen molar-refractivity contribution in [2.45, 2.75) is 20.0 Å². The molecular formula is C22H25N5O4. The number of nitrogens with zero attached hydrogens (tertiary/aromatic N) is 4. The maximum atomic E-state index is 13.5. The third kappa shape index (κ3) is 3.84. The second-order valence-electron chi connectivity index (χ2n) is 7.33. The number of ether oxygens (including phenoxy) is 1. The van der Waals surface area contributed by atoms with Crippen molar-refractivity contribution in [1.82, 2.24) is 19.4 Å². The van der Waals surface area contributed by atoms with Crippen molar-refractivity contribution < 1.29 is 14.3 Å². The molecule has 0 spiro atoms. The molecule has 31 heavy (non-hydrogen) atoms. The molecule has 0 saturated carbocycles. The van der Waals surface area contributed by atoms with Crippen molar-refractivity contribution in [1.29, 1.82) is 0 Å². The molecule has 1 aromatic carbocycles. The van der Waals surface area contributed by atoms with Gasteiger partial charge in [0, 0.05) is 38.3 Å². The maximum absolute atomic E-state index is 13.5. The molecule has 0 amide bonds. The highest BCUT2D eigenvalue weighted by molar-refractivity contribution is 5.97. The second-order valence-corrected chi connectivity index (χ2v) is 7.33. The molecule has 1 aliphatic rings. The van der Waals surface area contributed by atoms with Crippen LogP contribution >= 0.6 is 0 Å². The first-order chi connectivity index (χ1) is 15.0. The Morgan fingerprint density at radius 2 is 1.84 bits per heavy atom. The van der Waals surface area contributed by atoms with Crippen LogP contribution in [0, 0.1) is 0 Å². The van der Waals surface area contributed by atoms with Crippen molar-refractivity contribution in [3.63, 3.8) is 0 Å². The number of carbonyl (C=O) groups excluding carboxylic acids is 2. The molecule has 1 fully saturated rings. The molecule has 0 bridgehead atoms. The second kappa shape index (κ2) is 8.73. The number of pyridine rings is 1. The van der Waals surface area contributed by atoms with E-state index < -0.39 is 11.5 Å². The maximum Gasteiger partial charge on any atom is 0.354 e. The molecule has 0 unspecified atom stereocenters. The number of Topliss-reactive ketones (excluding diaryl/α,β-unsaturated/α-hetero) is 1. The first kappa shape index (κ1) is 20.8. The van der Waals surface area contributed by atoms with E-state index in [4.69, 9.17) is 4.74 Å². The van der Waals surface area contributed by atoms with Crippen LogP contribution in [0.25, 0.3) is 11.0 Å². The Morgan fingerprint density at radius 3 is 2.48 bits per heavy atom. The van der Waals surface area contributed by atoms with Crippen LogP contribution in [0.1, 0.15) is 27.8 Å². The highest BCUT2D eigenvalue weighted by atomic mass is 16.5. The summed E-state index contributed by atoms with van der Waals surface area (Å²) in [5.74, 6) is -0.259. The Labute approximate surface area is 179 Å². The zero-order valence-electron chi connectivity index (χ0n) is 17.6. The Bertz CT molecular complexity index is 1180. The van der Waals surface area contributed by atoms with Gasteiger partial charge in [-0.05, 0) is 13.0 Å². The number of rotatable bonds is 6. The summed E-state index contributed by atoms with van der Waals surface area (Å²) >= 11 is 0. The zero-order valence-corrected chi connectivity index (χ0v) is 17.6. The summed E-state index contributed by atoms with van der Waals surface area (Å²) in [6, 6.07) is 10.2. The predicted octanol–water partition coefficient (Wildman–Crippen LogP) is 1.30. The smallest absolute Gasteiger partial charge is 0.354 e. The van der Waals surface area contributed by atoms with Gasteiger partial charge in [0.05, 0.1) is 19.2 Å². The number of imidazole rings is 1. The molecular weight excluding hydrogens is 398 g/mol. The number of hydrogen-bond donors (Lipinski definition) is 1. The fourth-order valence-corrected chi connectivity index (χ4v) is 3.93. The van der Waals surface area contributed by atoms with E-state index in [1.807, 2.05) is 17.6 Å². The van der Waals surface area contributed by atoms with Crippen LogP contribution in [-0.2, 0) is 17.8 Å². The van der Waals surface area contributed by atoms with Crippen LogP contribution in [0.2, 0.25) is 0 Å². The van der Waals surface area contributed by atoms with Crippen LogP contribution < -0.4 is 15.8 Å². The van der Waals surface area contributed by atoms with Crippen LogP contribution in [0.15, 0.2) is 41.2 Å². The van der Waals surface area contributed by atoms with E-state index in [0.717, 1.165) is 26.2 Å². The minimum Gasteiger partial charge on any atom is -0.464 e. The predicted molar refractivity (Wildman–Crippen MR) is 117 cm³/mol. The van der Waals surface area contributed by atoms with Gasteiger partial charge in [-0.25, -0.2) is 9.78 Å². The van der Waals surface area contributed by atoms with Gasteiger partial charge < -0.3 is 19.5 Å². The van der Waals surface area contributed by atoms with E-state index >= 15 is 0 Å². The van der Waals surface area contributed by atoms with E-state index in [9.17, 15) is 14.4 Å². The molecule has 4 rings (SSSR count). The quantitative estimate of drug-likeness (QED) is 0.471. The number of esters is 1. The SMILES string of the molecule is CCn1c(N2CCNCC2)nc2cc(C(=O)OC)n(CC(=O)c3ccccc3)c(=O)c21. The number of methoxy groups -OCH3 is 1. The van der Waals surface area contributed by atoms with Gasteiger partial charge in [-0.2, -0.15) is 0 Å². The largest absolute Gasteiger partial charge is 0.464 e. The molecule has 9 nitrogen and oxygen atoms in total. The first-order valence-electron chi connectivity index (χ1n) is 10.3. The monoisotopic (exact) mass is 423 g/mol. The van der Waals surface area contributed by atoms with Gasteiger partial charge in [-0.3, -0.25) is 14.2 Å². The molecule has 1 N–H and O–H groups in total. The Balaban J connectivity index is 1.87. The van der Waals surface area contributed by atoms with E-state index in [-0.39, 0.29) is 18.0 Å². The number of benzene rings is 1. The number of nitrogens with one attached hydrogen (secondary N) is 1. The van der Waals surface area contributed by atoms with Crippen molar-refractivity contribution in [3.8, 4) is 0 Å².